The number of benzene rings is 4. The van der Waals surface area contributed by atoms with Crippen LogP contribution in [0.4, 0.5) is 0 Å². The van der Waals surface area contributed by atoms with Gasteiger partial charge >= 0.3 is 0 Å². The first-order valence-corrected chi connectivity index (χ1v) is 14.4. The van der Waals surface area contributed by atoms with E-state index in [1.807, 2.05) is 0 Å². The molecule has 0 spiro atoms. The van der Waals surface area contributed by atoms with Crippen LogP contribution in [0, 0.1) is 0 Å². The minimum absolute atomic E-state index is 0. The van der Waals surface area contributed by atoms with Crippen molar-refractivity contribution in [2.24, 2.45) is 0 Å². The first-order valence-electron chi connectivity index (χ1n) is 14.4. The Balaban J connectivity index is 0.000000222. The van der Waals surface area contributed by atoms with E-state index in [-0.39, 0.29) is 29.6 Å². The third-order valence-electron chi connectivity index (χ3n) is 6.74. The minimum atomic E-state index is 0. The van der Waals surface area contributed by atoms with Crippen LogP contribution in [0.15, 0.2) is 109 Å². The summed E-state index contributed by atoms with van der Waals surface area (Å²) >= 11 is 0. The molecule has 0 atom stereocenters. The van der Waals surface area contributed by atoms with Crippen LogP contribution < -0.4 is 0 Å². The molecule has 3 aliphatic heterocycles. The van der Waals surface area contributed by atoms with E-state index in [0.717, 1.165) is 39.6 Å². The first kappa shape index (κ1) is 32.3. The van der Waals surface area contributed by atoms with Gasteiger partial charge in [-0.2, -0.15) is 0 Å². The zero-order valence-corrected chi connectivity index (χ0v) is 26.1. The Morgan fingerprint density at radius 2 is 0.525 bits per heavy atom. The molecule has 7 rings (SSSR count). The SMILES string of the molecule is C1CCOC1.C1CCOC1.C1CCOC1.[Na].c1ccc(-c2cc(-c3ccccc3)cc(-c3ccccc3)c2)cc1. The summed E-state index contributed by atoms with van der Waals surface area (Å²) in [5.41, 5.74) is 7.47. The Labute approximate surface area is 263 Å². The van der Waals surface area contributed by atoms with Crippen molar-refractivity contribution in [1.82, 2.24) is 0 Å². The summed E-state index contributed by atoms with van der Waals surface area (Å²) < 4.78 is 14.8. The van der Waals surface area contributed by atoms with Crippen LogP contribution in [0.25, 0.3) is 33.4 Å². The molecule has 0 amide bonds. The average molecular weight is 546 g/mol. The molecule has 3 fully saturated rings. The second-order valence-electron chi connectivity index (χ2n) is 9.86. The zero-order valence-electron chi connectivity index (χ0n) is 24.1. The molecule has 1 radical (unpaired) electrons. The molecular weight excluding hydrogens is 503 g/mol. The fraction of sp³-hybridized carbons (Fsp3) is 0.333. The summed E-state index contributed by atoms with van der Waals surface area (Å²) in [6, 6.07) is 38.5. The molecule has 40 heavy (non-hydrogen) atoms. The van der Waals surface area contributed by atoms with Crippen LogP contribution >= 0.6 is 0 Å². The van der Waals surface area contributed by atoms with E-state index in [1.165, 1.54) is 71.9 Å². The maximum Gasteiger partial charge on any atom is 0.0466 e. The maximum absolute atomic E-state index is 4.94. The summed E-state index contributed by atoms with van der Waals surface area (Å²) in [7, 11) is 0. The van der Waals surface area contributed by atoms with Gasteiger partial charge in [-0.05, 0) is 90.1 Å². The zero-order chi connectivity index (χ0) is 26.8. The Bertz CT molecular complexity index is 984. The Morgan fingerprint density at radius 1 is 0.300 bits per heavy atom. The maximum atomic E-state index is 4.94. The molecule has 4 aromatic carbocycles. The minimum Gasteiger partial charge on any atom is -0.381 e. The molecule has 3 aliphatic rings. The normalized spacial score (nSPS) is 15.3. The van der Waals surface area contributed by atoms with Crippen molar-refractivity contribution in [3.8, 4) is 33.4 Å². The van der Waals surface area contributed by atoms with Crippen LogP contribution in [0.1, 0.15) is 38.5 Å². The van der Waals surface area contributed by atoms with Gasteiger partial charge in [-0.3, -0.25) is 0 Å². The van der Waals surface area contributed by atoms with Gasteiger partial charge in [-0.25, -0.2) is 0 Å². The van der Waals surface area contributed by atoms with E-state index < -0.39 is 0 Å². The second kappa shape index (κ2) is 19.8. The fourth-order valence-corrected chi connectivity index (χ4v) is 4.55. The summed E-state index contributed by atoms with van der Waals surface area (Å²) in [6.07, 6.45) is 7.67. The topological polar surface area (TPSA) is 27.7 Å². The third-order valence-corrected chi connectivity index (χ3v) is 6.74. The summed E-state index contributed by atoms with van der Waals surface area (Å²) in [5, 5.41) is 0. The number of hydrogen-bond donors (Lipinski definition) is 0. The Kier molecular flexibility index (Phi) is 16.0. The van der Waals surface area contributed by atoms with Crippen molar-refractivity contribution in [1.29, 1.82) is 0 Å². The van der Waals surface area contributed by atoms with Crippen molar-refractivity contribution in [2.45, 2.75) is 38.5 Å². The summed E-state index contributed by atoms with van der Waals surface area (Å²) in [6.45, 7) is 6.00. The Hall–Kier alpha value is -2.24. The van der Waals surface area contributed by atoms with Gasteiger partial charge in [0.25, 0.3) is 0 Å². The molecule has 3 nitrogen and oxygen atoms in total. The number of rotatable bonds is 3. The van der Waals surface area contributed by atoms with Gasteiger partial charge in [0, 0.05) is 69.2 Å². The molecule has 3 heterocycles. The summed E-state index contributed by atoms with van der Waals surface area (Å²) in [5.74, 6) is 0. The number of ether oxygens (including phenoxy) is 3. The van der Waals surface area contributed by atoms with Crippen LogP contribution in [0.3, 0.4) is 0 Å². The van der Waals surface area contributed by atoms with Crippen molar-refractivity contribution in [2.75, 3.05) is 39.6 Å². The molecule has 0 aliphatic carbocycles. The third kappa shape index (κ3) is 11.7. The van der Waals surface area contributed by atoms with E-state index in [1.54, 1.807) is 0 Å². The van der Waals surface area contributed by atoms with E-state index in [0.29, 0.717) is 0 Å². The van der Waals surface area contributed by atoms with Crippen molar-refractivity contribution >= 4 is 29.6 Å². The predicted octanol–water partition coefficient (Wildman–Crippen LogP) is 8.70. The van der Waals surface area contributed by atoms with Crippen LogP contribution in [-0.2, 0) is 14.2 Å². The van der Waals surface area contributed by atoms with E-state index in [4.69, 9.17) is 14.2 Å². The van der Waals surface area contributed by atoms with Gasteiger partial charge in [0.05, 0.1) is 0 Å². The van der Waals surface area contributed by atoms with Gasteiger partial charge < -0.3 is 14.2 Å². The van der Waals surface area contributed by atoms with E-state index in [2.05, 4.69) is 109 Å². The fourth-order valence-electron chi connectivity index (χ4n) is 4.55. The largest absolute Gasteiger partial charge is 0.381 e. The van der Waals surface area contributed by atoms with Crippen LogP contribution in [0.5, 0.6) is 0 Å². The molecule has 205 valence electrons. The van der Waals surface area contributed by atoms with Gasteiger partial charge in [-0.1, -0.05) is 91.0 Å². The molecule has 0 aromatic heterocycles. The molecule has 0 N–H and O–H groups in total. The van der Waals surface area contributed by atoms with E-state index in [9.17, 15) is 0 Å². The second-order valence-corrected chi connectivity index (χ2v) is 9.86. The van der Waals surface area contributed by atoms with E-state index >= 15 is 0 Å². The molecule has 0 saturated carbocycles. The van der Waals surface area contributed by atoms with Crippen LogP contribution in [0.2, 0.25) is 0 Å². The van der Waals surface area contributed by atoms with Crippen molar-refractivity contribution in [3.63, 3.8) is 0 Å². The standard InChI is InChI=1S/C24H18.3C4H8O.Na/c1-4-10-19(11-5-1)22-16-23(20-12-6-2-7-13-20)18-24(17-22)21-14-8-3-9-15-21;3*1-2-4-5-3-1;/h1-18H;3*1-4H2;. The van der Waals surface area contributed by atoms with Crippen molar-refractivity contribution in [3.05, 3.63) is 109 Å². The van der Waals surface area contributed by atoms with Gasteiger partial charge in [0.15, 0.2) is 0 Å². The predicted molar refractivity (Wildman–Crippen MR) is 169 cm³/mol. The average Bonchev–Trinajstić information content (AvgIpc) is 3.85. The molecule has 4 aromatic rings. The molecule has 4 heteroatoms. The first-order chi connectivity index (χ1) is 19.4. The monoisotopic (exact) mass is 545 g/mol. The number of hydrogen-bond acceptors (Lipinski definition) is 3. The van der Waals surface area contributed by atoms with Gasteiger partial charge in [0.1, 0.15) is 0 Å². The summed E-state index contributed by atoms with van der Waals surface area (Å²) in [4.78, 5) is 0. The smallest absolute Gasteiger partial charge is 0.0466 e. The quantitative estimate of drug-likeness (QED) is 0.241. The van der Waals surface area contributed by atoms with Crippen molar-refractivity contribution < 1.29 is 14.2 Å². The Morgan fingerprint density at radius 3 is 0.700 bits per heavy atom. The molecule has 0 unspecified atom stereocenters. The van der Waals surface area contributed by atoms with Gasteiger partial charge in [-0.15, -0.1) is 0 Å². The van der Waals surface area contributed by atoms with Gasteiger partial charge in [0.2, 0.25) is 0 Å². The molecule has 0 bridgehead atoms. The van der Waals surface area contributed by atoms with Crippen LogP contribution in [-0.4, -0.2) is 69.2 Å². The molecular formula is C36H42NaO3. The molecule has 3 saturated heterocycles.